The average Bonchev–Trinajstić information content (AvgIpc) is 2.46. The van der Waals surface area contributed by atoms with Gasteiger partial charge in [0, 0.05) is 0 Å². The van der Waals surface area contributed by atoms with Crippen LogP contribution in [0.1, 0.15) is 11.7 Å². The van der Waals surface area contributed by atoms with Crippen LogP contribution in [0.2, 0.25) is 0 Å². The van der Waals surface area contributed by atoms with Gasteiger partial charge in [0.15, 0.2) is 5.82 Å². The van der Waals surface area contributed by atoms with Crippen molar-refractivity contribution in [2.24, 2.45) is 0 Å². The zero-order valence-corrected chi connectivity index (χ0v) is 8.20. The number of carbonyl (C=O) groups is 1. The third-order valence-corrected chi connectivity index (χ3v) is 1.76. The fraction of sp³-hybridized carbons (Fsp3) is 0.667. The number of carboxylic acids is 1. The van der Waals surface area contributed by atoms with Crippen molar-refractivity contribution in [2.45, 2.75) is 24.8 Å². The Balaban J connectivity index is 3.23. The van der Waals surface area contributed by atoms with E-state index < -0.39 is 36.6 Å². The minimum atomic E-state index is -5.68. The average molecular weight is 278 g/mol. The molecule has 0 aliphatic carbocycles. The lowest BCUT2D eigenvalue weighted by molar-refractivity contribution is -0.256. The van der Waals surface area contributed by atoms with Crippen LogP contribution in [0.15, 0.2) is 0 Å². The maximum absolute atomic E-state index is 12.3. The van der Waals surface area contributed by atoms with Crippen molar-refractivity contribution >= 4 is 5.97 Å². The van der Waals surface area contributed by atoms with Gasteiger partial charge < -0.3 is 5.11 Å². The molecule has 0 saturated carbocycles. The topological polar surface area (TPSA) is 80.9 Å². The molecule has 1 aromatic heterocycles. The number of nitrogens with zero attached hydrogens (tertiary/aromatic N) is 4. The highest BCUT2D eigenvalue weighted by Crippen LogP contribution is 2.45. The summed E-state index contributed by atoms with van der Waals surface area (Å²) in [4.78, 5) is 10.3. The Hall–Kier alpha value is -1.88. The molecule has 0 aliphatic rings. The van der Waals surface area contributed by atoms with Gasteiger partial charge in [-0.2, -0.15) is 26.3 Å². The van der Waals surface area contributed by atoms with E-state index in [9.17, 15) is 31.1 Å². The minimum Gasteiger partial charge on any atom is -0.480 e. The van der Waals surface area contributed by atoms with E-state index in [0.717, 1.165) is 0 Å². The molecular formula is C6H4F6N4O2. The number of aromatic nitrogens is 4. The zero-order chi connectivity index (χ0) is 14.1. The van der Waals surface area contributed by atoms with Crippen LogP contribution in [-0.2, 0) is 11.3 Å². The van der Waals surface area contributed by atoms with E-state index in [4.69, 9.17) is 5.11 Å². The molecule has 0 atom stereocenters. The summed E-state index contributed by atoms with van der Waals surface area (Å²) >= 11 is 0. The normalized spacial score (nSPS) is 13.1. The van der Waals surface area contributed by atoms with Crippen molar-refractivity contribution in [3.63, 3.8) is 0 Å². The van der Waals surface area contributed by atoms with Crippen LogP contribution in [0.4, 0.5) is 26.3 Å². The number of carboxylic acid groups (broad SMARTS) is 1. The van der Waals surface area contributed by atoms with Crippen LogP contribution in [-0.4, -0.2) is 43.6 Å². The molecule has 0 saturated heterocycles. The van der Waals surface area contributed by atoms with Crippen LogP contribution in [0.3, 0.4) is 0 Å². The van der Waals surface area contributed by atoms with Crippen molar-refractivity contribution in [2.75, 3.05) is 0 Å². The summed E-state index contributed by atoms with van der Waals surface area (Å²) in [5, 5.41) is 16.3. The first-order valence-electron chi connectivity index (χ1n) is 4.14. The monoisotopic (exact) mass is 278 g/mol. The highest BCUT2D eigenvalue weighted by molar-refractivity contribution is 5.66. The second-order valence-electron chi connectivity index (χ2n) is 3.10. The minimum absolute atomic E-state index is 0.0615. The van der Waals surface area contributed by atoms with E-state index >= 15 is 0 Å². The van der Waals surface area contributed by atoms with Crippen molar-refractivity contribution in [3.8, 4) is 0 Å². The van der Waals surface area contributed by atoms with Crippen LogP contribution >= 0.6 is 0 Å². The van der Waals surface area contributed by atoms with Crippen molar-refractivity contribution < 1.29 is 36.2 Å². The molecule has 0 fully saturated rings. The first-order chi connectivity index (χ1) is 8.03. The first kappa shape index (κ1) is 14.2. The molecule has 1 N–H and O–H groups in total. The third-order valence-electron chi connectivity index (χ3n) is 1.76. The van der Waals surface area contributed by atoms with Crippen LogP contribution in [0.5, 0.6) is 0 Å². The van der Waals surface area contributed by atoms with Gasteiger partial charge in [-0.3, -0.25) is 4.79 Å². The number of hydrogen-bond donors (Lipinski definition) is 1. The molecule has 6 nitrogen and oxygen atoms in total. The second kappa shape index (κ2) is 4.42. The number of hydrogen-bond acceptors (Lipinski definition) is 4. The lowest BCUT2D eigenvalue weighted by atomic mass is 10.1. The molecule has 0 unspecified atom stereocenters. The lowest BCUT2D eigenvalue weighted by Crippen LogP contribution is -2.36. The van der Waals surface area contributed by atoms with E-state index in [0.29, 0.717) is 0 Å². The van der Waals surface area contributed by atoms with Gasteiger partial charge in [-0.1, -0.05) is 0 Å². The van der Waals surface area contributed by atoms with E-state index in [1.807, 2.05) is 0 Å². The molecule has 0 amide bonds. The third kappa shape index (κ3) is 3.07. The maximum Gasteiger partial charge on any atom is 0.407 e. The standard InChI is InChI=1S/C6H4F6N4O2/c7-5(8,9)3(6(10,11)12)4-13-14-15-16(4)1-2(17)18/h3H,1H2,(H,17,18). The lowest BCUT2D eigenvalue weighted by Gasteiger charge is -2.21. The van der Waals surface area contributed by atoms with Crippen molar-refractivity contribution in [1.29, 1.82) is 0 Å². The first-order valence-corrected chi connectivity index (χ1v) is 4.14. The Labute approximate surface area is 94.2 Å². The Morgan fingerprint density at radius 2 is 1.72 bits per heavy atom. The predicted molar refractivity (Wildman–Crippen MR) is 40.3 cm³/mol. The molecule has 0 aliphatic heterocycles. The summed E-state index contributed by atoms with van der Waals surface area (Å²) in [5.74, 6) is -7.22. The van der Waals surface area contributed by atoms with E-state index in [-0.39, 0.29) is 4.68 Å². The summed E-state index contributed by atoms with van der Waals surface area (Å²) < 4.78 is 73.9. The molecular weight excluding hydrogens is 274 g/mol. The van der Waals surface area contributed by atoms with Gasteiger partial charge in [-0.25, -0.2) is 4.68 Å². The van der Waals surface area contributed by atoms with Crippen molar-refractivity contribution in [1.82, 2.24) is 20.2 Å². The van der Waals surface area contributed by atoms with Gasteiger partial charge in [0.2, 0.25) is 5.92 Å². The summed E-state index contributed by atoms with van der Waals surface area (Å²) in [5.41, 5.74) is 0. The Morgan fingerprint density at radius 1 is 1.22 bits per heavy atom. The molecule has 0 radical (unpaired) electrons. The highest BCUT2D eigenvalue weighted by atomic mass is 19.4. The number of alkyl halides is 6. The van der Waals surface area contributed by atoms with Crippen LogP contribution in [0.25, 0.3) is 0 Å². The highest BCUT2D eigenvalue weighted by Gasteiger charge is 2.60. The second-order valence-corrected chi connectivity index (χ2v) is 3.10. The SMILES string of the molecule is O=C(O)Cn1nnnc1C(C(F)(F)F)C(F)(F)F. The molecule has 12 heteroatoms. The molecule has 0 aromatic carbocycles. The van der Waals surface area contributed by atoms with Gasteiger partial charge in [0.1, 0.15) is 6.54 Å². The fourth-order valence-electron chi connectivity index (χ4n) is 1.14. The molecule has 0 bridgehead atoms. The van der Waals surface area contributed by atoms with Crippen LogP contribution < -0.4 is 0 Å². The number of tetrazole rings is 1. The van der Waals surface area contributed by atoms with Gasteiger partial charge in [0.25, 0.3) is 0 Å². The fourth-order valence-corrected chi connectivity index (χ4v) is 1.14. The largest absolute Gasteiger partial charge is 0.480 e. The quantitative estimate of drug-likeness (QED) is 0.833. The van der Waals surface area contributed by atoms with E-state index in [1.165, 1.54) is 0 Å². The predicted octanol–water partition coefficient (Wildman–Crippen LogP) is 0.966. The smallest absolute Gasteiger partial charge is 0.407 e. The number of aliphatic carboxylic acids is 1. The summed E-state index contributed by atoms with van der Waals surface area (Å²) in [6.45, 7) is -1.20. The zero-order valence-electron chi connectivity index (χ0n) is 8.20. The number of halogens is 6. The molecule has 1 rings (SSSR count). The maximum atomic E-state index is 12.3. The molecule has 0 spiro atoms. The Bertz CT molecular complexity index is 424. The summed E-state index contributed by atoms with van der Waals surface area (Å²) in [7, 11) is 0. The van der Waals surface area contributed by atoms with Gasteiger partial charge in [0.05, 0.1) is 0 Å². The number of rotatable bonds is 3. The van der Waals surface area contributed by atoms with E-state index in [1.54, 1.807) is 0 Å². The Morgan fingerprint density at radius 3 is 2.11 bits per heavy atom. The molecule has 1 aromatic rings. The summed E-state index contributed by atoms with van der Waals surface area (Å²) in [6, 6.07) is 0. The van der Waals surface area contributed by atoms with Crippen molar-refractivity contribution in [3.05, 3.63) is 5.82 Å². The van der Waals surface area contributed by atoms with Gasteiger partial charge >= 0.3 is 18.3 Å². The molecule has 18 heavy (non-hydrogen) atoms. The molecule has 1 heterocycles. The van der Waals surface area contributed by atoms with E-state index in [2.05, 4.69) is 15.5 Å². The van der Waals surface area contributed by atoms with Gasteiger partial charge in [-0.05, 0) is 10.4 Å². The summed E-state index contributed by atoms with van der Waals surface area (Å²) in [6.07, 6.45) is -11.4. The van der Waals surface area contributed by atoms with Crippen LogP contribution in [0, 0.1) is 0 Å². The molecule has 102 valence electrons. The van der Waals surface area contributed by atoms with Gasteiger partial charge in [-0.15, -0.1) is 5.10 Å². The Kier molecular flexibility index (Phi) is 3.48.